The molecule has 2 aromatic heterocycles. The van der Waals surface area contributed by atoms with Crippen LogP contribution in [0, 0.1) is 0 Å². The monoisotopic (exact) mass is 490 g/mol. The van der Waals surface area contributed by atoms with Gasteiger partial charge in [0.15, 0.2) is 0 Å². The molecule has 0 spiro atoms. The van der Waals surface area contributed by atoms with Crippen LogP contribution < -0.4 is 10.1 Å². The van der Waals surface area contributed by atoms with Gasteiger partial charge in [-0.15, -0.1) is 11.3 Å². The number of rotatable bonds is 9. The minimum absolute atomic E-state index is 0.0698. The number of morpholine rings is 1. The second kappa shape index (κ2) is 11.0. The van der Waals surface area contributed by atoms with Crippen molar-refractivity contribution >= 4 is 33.8 Å². The van der Waals surface area contributed by atoms with Crippen LogP contribution in [0.1, 0.15) is 12.6 Å². The van der Waals surface area contributed by atoms with Crippen LogP contribution in [0.4, 0.5) is 5.69 Å². The highest BCUT2D eigenvalue weighted by Gasteiger charge is 2.12. The van der Waals surface area contributed by atoms with Gasteiger partial charge in [0.25, 0.3) is 0 Å². The van der Waals surface area contributed by atoms with E-state index in [1.165, 1.54) is 5.52 Å². The Bertz CT molecular complexity index is 1280. The lowest BCUT2D eigenvalue weighted by atomic mass is 10.2. The van der Waals surface area contributed by atoms with Gasteiger partial charge in [0.05, 0.1) is 31.9 Å². The molecule has 0 bridgehead atoms. The molecular weight excluding hydrogens is 460 g/mol. The number of benzene rings is 2. The molecule has 0 saturated carbocycles. The zero-order valence-electron chi connectivity index (χ0n) is 19.9. The van der Waals surface area contributed by atoms with Crippen molar-refractivity contribution < 1.29 is 14.3 Å². The van der Waals surface area contributed by atoms with E-state index in [1.807, 2.05) is 48.7 Å². The van der Waals surface area contributed by atoms with Gasteiger partial charge in [-0.25, -0.2) is 4.98 Å². The smallest absolute Gasteiger partial charge is 0.230 e. The van der Waals surface area contributed by atoms with Gasteiger partial charge in [0.2, 0.25) is 5.91 Å². The fourth-order valence-electron chi connectivity index (χ4n) is 4.30. The summed E-state index contributed by atoms with van der Waals surface area (Å²) in [6, 6.07) is 16.1. The molecule has 0 aliphatic carbocycles. The summed E-state index contributed by atoms with van der Waals surface area (Å²) in [5, 5.41) is 6.99. The third kappa shape index (κ3) is 5.90. The molecule has 1 aliphatic heterocycles. The van der Waals surface area contributed by atoms with E-state index in [9.17, 15) is 4.79 Å². The average Bonchev–Trinajstić information content (AvgIpc) is 3.51. The van der Waals surface area contributed by atoms with Crippen molar-refractivity contribution in [3.05, 3.63) is 65.8 Å². The molecule has 4 aromatic rings. The van der Waals surface area contributed by atoms with Crippen molar-refractivity contribution in [1.82, 2.24) is 14.5 Å². The number of anilines is 1. The van der Waals surface area contributed by atoms with E-state index >= 15 is 0 Å². The van der Waals surface area contributed by atoms with Crippen LogP contribution in [0.15, 0.2) is 60.1 Å². The minimum atomic E-state index is -0.0698. The maximum atomic E-state index is 12.7. The first-order chi connectivity index (χ1) is 17.2. The lowest BCUT2D eigenvalue weighted by molar-refractivity contribution is -0.115. The van der Waals surface area contributed by atoms with Crippen molar-refractivity contribution in [3.8, 4) is 16.3 Å². The van der Waals surface area contributed by atoms with Gasteiger partial charge in [-0.3, -0.25) is 9.69 Å². The number of ether oxygens (including phenoxy) is 2. The van der Waals surface area contributed by atoms with E-state index < -0.39 is 0 Å². The van der Waals surface area contributed by atoms with Crippen molar-refractivity contribution in [1.29, 1.82) is 0 Å². The molecule has 1 N–H and O–H groups in total. The Morgan fingerprint density at radius 2 is 1.94 bits per heavy atom. The molecule has 35 heavy (non-hydrogen) atoms. The number of fused-ring (bicyclic) bond motifs is 1. The SMILES string of the molecule is CCOc1ccc(-c2nc(CC(=O)Nc3ccc4c(ccn4CCN4CCOCC4)c3)cs2)cc1. The maximum Gasteiger partial charge on any atom is 0.230 e. The number of carbonyl (C=O) groups is 1. The zero-order chi connectivity index (χ0) is 24.0. The number of nitrogens with zero attached hydrogens (tertiary/aromatic N) is 3. The normalized spacial score (nSPS) is 14.3. The lowest BCUT2D eigenvalue weighted by Gasteiger charge is -2.26. The quantitative estimate of drug-likeness (QED) is 0.369. The number of nitrogens with one attached hydrogen (secondary N) is 1. The molecule has 1 aliphatic rings. The van der Waals surface area contributed by atoms with E-state index in [1.54, 1.807) is 11.3 Å². The molecule has 2 aromatic carbocycles. The predicted octanol–water partition coefficient (Wildman–Crippen LogP) is 4.68. The summed E-state index contributed by atoms with van der Waals surface area (Å²) in [7, 11) is 0. The largest absolute Gasteiger partial charge is 0.494 e. The van der Waals surface area contributed by atoms with Crippen LogP contribution in [0.2, 0.25) is 0 Å². The standard InChI is InChI=1S/C27H30N4O3S/c1-2-34-24-6-3-20(4-7-24)27-29-23(19-35-27)18-26(32)28-22-5-8-25-21(17-22)9-10-31(25)12-11-30-13-15-33-16-14-30/h3-10,17,19H,2,11-16,18H2,1H3,(H,28,32). The van der Waals surface area contributed by atoms with Gasteiger partial charge < -0.3 is 19.4 Å². The molecule has 0 atom stereocenters. The Balaban J connectivity index is 1.17. The summed E-state index contributed by atoms with van der Waals surface area (Å²) in [5.41, 5.74) is 3.77. The molecule has 3 heterocycles. The molecule has 1 saturated heterocycles. The van der Waals surface area contributed by atoms with E-state index in [0.717, 1.165) is 72.5 Å². The van der Waals surface area contributed by atoms with Crippen molar-refractivity contribution in [2.24, 2.45) is 0 Å². The van der Waals surface area contributed by atoms with Crippen LogP contribution in [-0.4, -0.2) is 59.8 Å². The maximum absolute atomic E-state index is 12.7. The number of thiazole rings is 1. The van der Waals surface area contributed by atoms with E-state index in [-0.39, 0.29) is 12.3 Å². The van der Waals surface area contributed by atoms with Gasteiger partial charge in [0, 0.05) is 59.9 Å². The average molecular weight is 491 g/mol. The molecular formula is C27H30N4O3S. The number of hydrogen-bond donors (Lipinski definition) is 1. The number of amides is 1. The van der Waals surface area contributed by atoms with Crippen LogP contribution in [0.25, 0.3) is 21.5 Å². The van der Waals surface area contributed by atoms with Gasteiger partial charge in [-0.1, -0.05) is 0 Å². The van der Waals surface area contributed by atoms with E-state index in [2.05, 4.69) is 38.1 Å². The molecule has 1 amide bonds. The third-order valence-corrected chi connectivity index (χ3v) is 7.06. The van der Waals surface area contributed by atoms with Crippen molar-refractivity contribution in [3.63, 3.8) is 0 Å². The number of hydrogen-bond acceptors (Lipinski definition) is 6. The van der Waals surface area contributed by atoms with Crippen LogP contribution in [-0.2, 0) is 22.5 Å². The minimum Gasteiger partial charge on any atom is -0.494 e. The first kappa shape index (κ1) is 23.5. The van der Waals surface area contributed by atoms with Crippen molar-refractivity contribution in [2.75, 3.05) is 44.8 Å². The first-order valence-electron chi connectivity index (χ1n) is 12.0. The van der Waals surface area contributed by atoms with Gasteiger partial charge in [-0.2, -0.15) is 0 Å². The molecule has 0 radical (unpaired) electrons. The topological polar surface area (TPSA) is 68.6 Å². The fraction of sp³-hybridized carbons (Fsp3) is 0.333. The highest BCUT2D eigenvalue weighted by Crippen LogP contribution is 2.26. The predicted molar refractivity (Wildman–Crippen MR) is 140 cm³/mol. The van der Waals surface area contributed by atoms with Gasteiger partial charge in [0.1, 0.15) is 10.8 Å². The summed E-state index contributed by atoms with van der Waals surface area (Å²) < 4.78 is 13.2. The lowest BCUT2D eigenvalue weighted by Crippen LogP contribution is -2.38. The van der Waals surface area contributed by atoms with Crippen molar-refractivity contribution in [2.45, 2.75) is 19.9 Å². The Hall–Kier alpha value is -3.20. The van der Waals surface area contributed by atoms with Crippen LogP contribution in [0.5, 0.6) is 5.75 Å². The molecule has 5 rings (SSSR count). The van der Waals surface area contributed by atoms with Gasteiger partial charge >= 0.3 is 0 Å². The molecule has 182 valence electrons. The number of carbonyl (C=O) groups excluding carboxylic acids is 1. The highest BCUT2D eigenvalue weighted by atomic mass is 32.1. The molecule has 7 nitrogen and oxygen atoms in total. The Kier molecular flexibility index (Phi) is 7.42. The van der Waals surface area contributed by atoms with Crippen LogP contribution in [0.3, 0.4) is 0 Å². The molecule has 8 heteroatoms. The Morgan fingerprint density at radius 1 is 1.11 bits per heavy atom. The van der Waals surface area contributed by atoms with E-state index in [0.29, 0.717) is 6.61 Å². The summed E-state index contributed by atoms with van der Waals surface area (Å²) in [6.45, 7) is 8.19. The fourth-order valence-corrected chi connectivity index (χ4v) is 5.12. The summed E-state index contributed by atoms with van der Waals surface area (Å²) in [4.78, 5) is 19.8. The highest BCUT2D eigenvalue weighted by molar-refractivity contribution is 7.13. The van der Waals surface area contributed by atoms with Crippen LogP contribution >= 0.6 is 11.3 Å². The Morgan fingerprint density at radius 3 is 2.74 bits per heavy atom. The molecule has 0 unspecified atom stereocenters. The second-order valence-electron chi connectivity index (χ2n) is 8.56. The number of aromatic nitrogens is 2. The molecule has 1 fully saturated rings. The zero-order valence-corrected chi connectivity index (χ0v) is 20.7. The Labute approximate surface area is 209 Å². The summed E-state index contributed by atoms with van der Waals surface area (Å²) in [5.74, 6) is 0.775. The first-order valence-corrected chi connectivity index (χ1v) is 12.9. The summed E-state index contributed by atoms with van der Waals surface area (Å²) in [6.07, 6.45) is 2.36. The second-order valence-corrected chi connectivity index (χ2v) is 9.42. The van der Waals surface area contributed by atoms with Gasteiger partial charge in [-0.05, 0) is 55.5 Å². The van der Waals surface area contributed by atoms with E-state index in [4.69, 9.17) is 9.47 Å². The summed E-state index contributed by atoms with van der Waals surface area (Å²) >= 11 is 1.54. The third-order valence-electron chi connectivity index (χ3n) is 6.12.